The molecule has 5 nitrogen and oxygen atoms in total. The highest BCUT2D eigenvalue weighted by Crippen LogP contribution is 2.07. The predicted molar refractivity (Wildman–Crippen MR) is 78.8 cm³/mol. The zero-order chi connectivity index (χ0) is 14.7. The standard InChI is InChI=1S/C15H21N3O2/c1-11-5-4-7-18-14(20)9-13(16-15(11)18)10-17(3)8-6-12(2)19/h4-5,7,9,12,19H,6,8,10H2,1-3H3. The van der Waals surface area contributed by atoms with Crippen LogP contribution < -0.4 is 5.56 Å². The smallest absolute Gasteiger partial charge is 0.258 e. The molecule has 5 heteroatoms. The second-order valence-electron chi connectivity index (χ2n) is 5.35. The molecule has 2 rings (SSSR count). The van der Waals surface area contributed by atoms with Crippen LogP contribution in [0, 0.1) is 6.92 Å². The molecule has 0 saturated heterocycles. The number of aliphatic hydroxyl groups is 1. The number of pyridine rings is 1. The molecular weight excluding hydrogens is 254 g/mol. The van der Waals surface area contributed by atoms with Gasteiger partial charge in [-0.05, 0) is 38.9 Å². The monoisotopic (exact) mass is 275 g/mol. The summed E-state index contributed by atoms with van der Waals surface area (Å²) >= 11 is 0. The first-order valence-electron chi connectivity index (χ1n) is 6.82. The first kappa shape index (κ1) is 14.7. The Labute approximate surface area is 118 Å². The third-order valence-corrected chi connectivity index (χ3v) is 3.30. The Kier molecular flexibility index (Phi) is 4.52. The van der Waals surface area contributed by atoms with Crippen molar-refractivity contribution in [1.82, 2.24) is 14.3 Å². The van der Waals surface area contributed by atoms with Gasteiger partial charge in [0, 0.05) is 25.4 Å². The van der Waals surface area contributed by atoms with E-state index in [1.54, 1.807) is 23.6 Å². The summed E-state index contributed by atoms with van der Waals surface area (Å²) in [5, 5.41) is 9.29. The molecule has 0 spiro atoms. The number of aromatic nitrogens is 2. The van der Waals surface area contributed by atoms with E-state index in [-0.39, 0.29) is 11.7 Å². The number of fused-ring (bicyclic) bond motifs is 1. The maximum atomic E-state index is 12.1. The Morgan fingerprint density at radius 1 is 1.50 bits per heavy atom. The van der Waals surface area contributed by atoms with Gasteiger partial charge in [-0.1, -0.05) is 6.07 Å². The number of hydrogen-bond acceptors (Lipinski definition) is 4. The summed E-state index contributed by atoms with van der Waals surface area (Å²) in [6.07, 6.45) is 2.13. The first-order chi connectivity index (χ1) is 9.47. The van der Waals surface area contributed by atoms with Crippen molar-refractivity contribution in [2.24, 2.45) is 0 Å². The van der Waals surface area contributed by atoms with Crippen molar-refractivity contribution in [3.8, 4) is 0 Å². The van der Waals surface area contributed by atoms with Crippen LogP contribution in [0.5, 0.6) is 0 Å². The van der Waals surface area contributed by atoms with Crippen molar-refractivity contribution in [1.29, 1.82) is 0 Å². The Bertz CT molecular complexity index is 649. The van der Waals surface area contributed by atoms with Gasteiger partial charge in [0.1, 0.15) is 5.65 Å². The summed E-state index contributed by atoms with van der Waals surface area (Å²) < 4.78 is 1.56. The fourth-order valence-electron chi connectivity index (χ4n) is 2.15. The van der Waals surface area contributed by atoms with Gasteiger partial charge in [-0.25, -0.2) is 4.98 Å². The maximum Gasteiger partial charge on any atom is 0.258 e. The van der Waals surface area contributed by atoms with Crippen LogP contribution in [0.2, 0.25) is 0 Å². The van der Waals surface area contributed by atoms with E-state index in [0.29, 0.717) is 18.6 Å². The van der Waals surface area contributed by atoms with Gasteiger partial charge in [0.15, 0.2) is 0 Å². The Hall–Kier alpha value is -1.72. The van der Waals surface area contributed by atoms with Crippen molar-refractivity contribution in [3.63, 3.8) is 0 Å². The summed E-state index contributed by atoms with van der Waals surface area (Å²) in [6, 6.07) is 5.37. The SMILES string of the molecule is Cc1cccn2c(=O)cc(CN(C)CCC(C)O)nc12. The molecule has 0 aromatic carbocycles. The molecule has 1 atom stereocenters. The fourth-order valence-corrected chi connectivity index (χ4v) is 2.15. The van der Waals surface area contributed by atoms with Crippen molar-refractivity contribution in [3.05, 3.63) is 46.0 Å². The van der Waals surface area contributed by atoms with E-state index in [1.165, 1.54) is 0 Å². The molecule has 0 saturated carbocycles. The van der Waals surface area contributed by atoms with Crippen LogP contribution in [0.15, 0.2) is 29.2 Å². The van der Waals surface area contributed by atoms with Crippen LogP contribution in [0.3, 0.4) is 0 Å². The molecule has 2 aromatic rings. The minimum atomic E-state index is -0.310. The average molecular weight is 275 g/mol. The van der Waals surface area contributed by atoms with E-state index >= 15 is 0 Å². The lowest BCUT2D eigenvalue weighted by Gasteiger charge is -2.17. The Morgan fingerprint density at radius 3 is 2.95 bits per heavy atom. The quantitative estimate of drug-likeness (QED) is 0.891. The lowest BCUT2D eigenvalue weighted by molar-refractivity contribution is 0.162. The number of rotatable bonds is 5. The van der Waals surface area contributed by atoms with Gasteiger partial charge in [0.25, 0.3) is 5.56 Å². The first-order valence-corrected chi connectivity index (χ1v) is 6.82. The van der Waals surface area contributed by atoms with Crippen LogP contribution in [-0.2, 0) is 6.54 Å². The van der Waals surface area contributed by atoms with E-state index in [2.05, 4.69) is 9.88 Å². The normalized spacial score (nSPS) is 13.1. The molecule has 0 aliphatic carbocycles. The second kappa shape index (κ2) is 6.15. The average Bonchev–Trinajstić information content (AvgIpc) is 2.38. The van der Waals surface area contributed by atoms with Crippen LogP contribution in [0.25, 0.3) is 5.65 Å². The van der Waals surface area contributed by atoms with Gasteiger partial charge in [-0.2, -0.15) is 0 Å². The molecule has 20 heavy (non-hydrogen) atoms. The Balaban J connectivity index is 2.23. The van der Waals surface area contributed by atoms with Crippen molar-refractivity contribution in [2.45, 2.75) is 32.9 Å². The van der Waals surface area contributed by atoms with Crippen LogP contribution >= 0.6 is 0 Å². The van der Waals surface area contributed by atoms with E-state index < -0.39 is 0 Å². The molecule has 0 aliphatic rings. The molecule has 108 valence electrons. The highest BCUT2D eigenvalue weighted by Gasteiger charge is 2.07. The third-order valence-electron chi connectivity index (χ3n) is 3.30. The predicted octanol–water partition coefficient (Wildman–Crippen LogP) is 1.21. The highest BCUT2D eigenvalue weighted by atomic mass is 16.3. The molecule has 1 N–H and O–H groups in total. The van der Waals surface area contributed by atoms with E-state index in [0.717, 1.165) is 17.8 Å². The summed E-state index contributed by atoms with van der Waals surface area (Å²) in [7, 11) is 1.96. The van der Waals surface area contributed by atoms with Crippen molar-refractivity contribution in [2.75, 3.05) is 13.6 Å². The van der Waals surface area contributed by atoms with Gasteiger partial charge in [0.2, 0.25) is 0 Å². The van der Waals surface area contributed by atoms with Gasteiger partial charge >= 0.3 is 0 Å². The van der Waals surface area contributed by atoms with E-state index in [1.807, 2.05) is 26.1 Å². The van der Waals surface area contributed by atoms with Gasteiger partial charge in [0.05, 0.1) is 11.8 Å². The molecule has 0 radical (unpaired) electrons. The maximum absolute atomic E-state index is 12.1. The molecule has 0 amide bonds. The molecular formula is C15H21N3O2. The van der Waals surface area contributed by atoms with Gasteiger partial charge in [-0.15, -0.1) is 0 Å². The third kappa shape index (κ3) is 3.43. The lowest BCUT2D eigenvalue weighted by atomic mass is 10.2. The minimum Gasteiger partial charge on any atom is -0.393 e. The zero-order valence-corrected chi connectivity index (χ0v) is 12.2. The lowest BCUT2D eigenvalue weighted by Crippen LogP contribution is -2.24. The summed E-state index contributed by atoms with van der Waals surface area (Å²) in [6.45, 7) is 5.10. The fraction of sp³-hybridized carbons (Fsp3) is 0.467. The highest BCUT2D eigenvalue weighted by molar-refractivity contribution is 5.46. The van der Waals surface area contributed by atoms with Crippen molar-refractivity contribution < 1.29 is 5.11 Å². The van der Waals surface area contributed by atoms with Crippen molar-refractivity contribution >= 4 is 5.65 Å². The second-order valence-corrected chi connectivity index (χ2v) is 5.35. The van der Waals surface area contributed by atoms with E-state index in [9.17, 15) is 9.90 Å². The molecule has 0 bridgehead atoms. The minimum absolute atomic E-state index is 0.0578. The number of aliphatic hydroxyl groups excluding tert-OH is 1. The zero-order valence-electron chi connectivity index (χ0n) is 12.2. The number of nitrogens with zero attached hydrogens (tertiary/aromatic N) is 3. The van der Waals surface area contributed by atoms with Crippen LogP contribution in [0.4, 0.5) is 0 Å². The molecule has 2 heterocycles. The topological polar surface area (TPSA) is 57.8 Å². The van der Waals surface area contributed by atoms with E-state index in [4.69, 9.17) is 0 Å². The summed E-state index contributed by atoms with van der Waals surface area (Å²) in [5.41, 5.74) is 2.40. The molecule has 0 fully saturated rings. The largest absolute Gasteiger partial charge is 0.393 e. The number of hydrogen-bond donors (Lipinski definition) is 1. The van der Waals surface area contributed by atoms with Gasteiger partial charge < -0.3 is 10.0 Å². The van der Waals surface area contributed by atoms with Crippen LogP contribution in [-0.4, -0.2) is 39.1 Å². The summed E-state index contributed by atoms with van der Waals surface area (Å²) in [4.78, 5) is 18.7. The number of aryl methyl sites for hydroxylation is 1. The van der Waals surface area contributed by atoms with Gasteiger partial charge in [-0.3, -0.25) is 9.20 Å². The molecule has 2 aromatic heterocycles. The summed E-state index contributed by atoms with van der Waals surface area (Å²) in [5.74, 6) is 0. The Morgan fingerprint density at radius 2 is 2.25 bits per heavy atom. The molecule has 0 aliphatic heterocycles. The molecule has 1 unspecified atom stereocenters. The van der Waals surface area contributed by atoms with Crippen LogP contribution in [0.1, 0.15) is 24.6 Å².